The highest BCUT2D eigenvalue weighted by atomic mass is 32.2. The number of thioether (sulfide) groups is 1. The van der Waals surface area contributed by atoms with Gasteiger partial charge in [0, 0.05) is 16.8 Å². The lowest BCUT2D eigenvalue weighted by molar-refractivity contribution is 0.119. The van der Waals surface area contributed by atoms with Crippen molar-refractivity contribution in [2.24, 2.45) is 0 Å². The molecule has 0 saturated carbocycles. The topological polar surface area (TPSA) is 50.4 Å². The van der Waals surface area contributed by atoms with Crippen molar-refractivity contribution in [1.82, 2.24) is 5.32 Å². The van der Waals surface area contributed by atoms with Crippen molar-refractivity contribution in [1.29, 1.82) is 0 Å². The van der Waals surface area contributed by atoms with Crippen molar-refractivity contribution in [3.05, 3.63) is 36.0 Å². The highest BCUT2D eigenvalue weighted by Crippen LogP contribution is 2.18. The largest absolute Gasteiger partial charge is 0.381 e. The van der Waals surface area contributed by atoms with Gasteiger partial charge in [-0.1, -0.05) is 6.07 Å². The summed E-state index contributed by atoms with van der Waals surface area (Å²) in [5, 5.41) is 5.58. The summed E-state index contributed by atoms with van der Waals surface area (Å²) in [4.78, 5) is 12.9. The second-order valence-corrected chi connectivity index (χ2v) is 5.13. The van der Waals surface area contributed by atoms with E-state index in [4.69, 9.17) is 4.74 Å². The molecule has 0 unspecified atom stereocenters. The summed E-state index contributed by atoms with van der Waals surface area (Å²) in [6, 6.07) is 7.56. The summed E-state index contributed by atoms with van der Waals surface area (Å²) in [5.74, 6) is 0. The lowest BCUT2D eigenvalue weighted by Gasteiger charge is -2.14. The number of ether oxygens (including phenoxy) is 1. The van der Waals surface area contributed by atoms with Crippen LogP contribution in [0.4, 0.5) is 10.5 Å². The standard InChI is InChI=1S/C14H18N2O2S/c1-19-13-4-2-3-12(9-13)16-14(17)15-10-11-5-7-18-8-6-11/h2-4,9-10H,5-8H2,1H3,(H2,15,16,17). The first-order valence-corrected chi connectivity index (χ1v) is 7.47. The van der Waals surface area contributed by atoms with Gasteiger partial charge in [-0.15, -0.1) is 11.8 Å². The molecule has 0 atom stereocenters. The van der Waals surface area contributed by atoms with Gasteiger partial charge in [0.1, 0.15) is 0 Å². The normalized spacial score (nSPS) is 14.9. The predicted molar refractivity (Wildman–Crippen MR) is 78.5 cm³/mol. The van der Waals surface area contributed by atoms with Gasteiger partial charge in [-0.05, 0) is 42.9 Å². The van der Waals surface area contributed by atoms with Crippen molar-refractivity contribution >= 4 is 23.5 Å². The number of carbonyl (C=O) groups excluding carboxylic acids is 1. The zero-order chi connectivity index (χ0) is 13.5. The molecule has 1 aromatic carbocycles. The number of rotatable bonds is 3. The molecule has 0 spiro atoms. The van der Waals surface area contributed by atoms with Crippen LogP contribution in [0.2, 0.25) is 0 Å². The fraction of sp³-hybridized carbons (Fsp3) is 0.357. The van der Waals surface area contributed by atoms with E-state index in [0.717, 1.165) is 36.6 Å². The maximum absolute atomic E-state index is 11.7. The quantitative estimate of drug-likeness (QED) is 0.835. The van der Waals surface area contributed by atoms with Gasteiger partial charge >= 0.3 is 6.03 Å². The van der Waals surface area contributed by atoms with E-state index in [0.29, 0.717) is 0 Å². The Kier molecular flexibility index (Phi) is 5.30. The van der Waals surface area contributed by atoms with E-state index >= 15 is 0 Å². The van der Waals surface area contributed by atoms with Crippen LogP contribution in [-0.2, 0) is 4.74 Å². The molecule has 0 aliphatic carbocycles. The maximum Gasteiger partial charge on any atom is 0.323 e. The van der Waals surface area contributed by atoms with Crippen LogP contribution < -0.4 is 10.6 Å². The Balaban J connectivity index is 1.86. The van der Waals surface area contributed by atoms with Gasteiger partial charge in [0.15, 0.2) is 0 Å². The molecule has 2 N–H and O–H groups in total. The highest BCUT2D eigenvalue weighted by molar-refractivity contribution is 7.98. The molecule has 1 aliphatic rings. The summed E-state index contributed by atoms with van der Waals surface area (Å²) in [6.45, 7) is 1.48. The van der Waals surface area contributed by atoms with E-state index in [9.17, 15) is 4.79 Å². The Morgan fingerprint density at radius 3 is 2.89 bits per heavy atom. The Hall–Kier alpha value is -1.46. The molecule has 0 radical (unpaired) electrons. The molecule has 1 aromatic rings. The van der Waals surface area contributed by atoms with E-state index < -0.39 is 0 Å². The molecular weight excluding hydrogens is 260 g/mol. The third kappa shape index (κ3) is 4.61. The van der Waals surface area contributed by atoms with Gasteiger partial charge in [-0.2, -0.15) is 0 Å². The van der Waals surface area contributed by atoms with Crippen LogP contribution in [0.15, 0.2) is 40.9 Å². The molecule has 1 saturated heterocycles. The first-order valence-electron chi connectivity index (χ1n) is 6.25. The zero-order valence-corrected chi connectivity index (χ0v) is 11.8. The molecule has 2 amide bonds. The maximum atomic E-state index is 11.7. The average molecular weight is 278 g/mol. The number of hydrogen-bond donors (Lipinski definition) is 2. The van der Waals surface area contributed by atoms with Crippen LogP contribution in [0.1, 0.15) is 12.8 Å². The van der Waals surface area contributed by atoms with Crippen LogP contribution in [0.3, 0.4) is 0 Å². The first kappa shape index (κ1) is 14.0. The molecule has 4 nitrogen and oxygen atoms in total. The van der Waals surface area contributed by atoms with E-state index in [1.807, 2.05) is 30.5 Å². The van der Waals surface area contributed by atoms with Crippen molar-refractivity contribution in [3.63, 3.8) is 0 Å². The lowest BCUT2D eigenvalue weighted by atomic mass is 10.1. The Labute approximate surface area is 117 Å². The van der Waals surface area contributed by atoms with Crippen molar-refractivity contribution < 1.29 is 9.53 Å². The van der Waals surface area contributed by atoms with Gasteiger partial charge in [0.25, 0.3) is 0 Å². The van der Waals surface area contributed by atoms with E-state index in [2.05, 4.69) is 10.6 Å². The number of carbonyl (C=O) groups is 1. The minimum absolute atomic E-state index is 0.211. The van der Waals surface area contributed by atoms with Crippen LogP contribution in [0, 0.1) is 0 Å². The zero-order valence-electron chi connectivity index (χ0n) is 10.9. The molecule has 1 aliphatic heterocycles. The Bertz CT molecular complexity index is 466. The minimum atomic E-state index is -0.211. The van der Waals surface area contributed by atoms with E-state index in [1.54, 1.807) is 18.0 Å². The van der Waals surface area contributed by atoms with Gasteiger partial charge in [-0.3, -0.25) is 0 Å². The van der Waals surface area contributed by atoms with Gasteiger partial charge in [0.05, 0.1) is 13.2 Å². The summed E-state index contributed by atoms with van der Waals surface area (Å²) >= 11 is 1.65. The van der Waals surface area contributed by atoms with E-state index in [1.165, 1.54) is 5.57 Å². The van der Waals surface area contributed by atoms with Gasteiger partial charge < -0.3 is 15.4 Å². The first-order chi connectivity index (χ1) is 9.28. The van der Waals surface area contributed by atoms with Crippen LogP contribution in [0.25, 0.3) is 0 Å². The second-order valence-electron chi connectivity index (χ2n) is 4.25. The molecule has 0 bridgehead atoms. The van der Waals surface area contributed by atoms with Crippen molar-refractivity contribution in [3.8, 4) is 0 Å². The smallest absolute Gasteiger partial charge is 0.323 e. The third-order valence-corrected chi connectivity index (χ3v) is 3.60. The third-order valence-electron chi connectivity index (χ3n) is 2.87. The van der Waals surface area contributed by atoms with Crippen LogP contribution in [0.5, 0.6) is 0 Å². The van der Waals surface area contributed by atoms with Crippen molar-refractivity contribution in [2.75, 3.05) is 24.8 Å². The number of amides is 2. The molecule has 1 fully saturated rings. The Morgan fingerprint density at radius 2 is 2.16 bits per heavy atom. The number of hydrogen-bond acceptors (Lipinski definition) is 3. The summed E-state index contributed by atoms with van der Waals surface area (Å²) < 4.78 is 5.26. The molecule has 1 heterocycles. The number of nitrogens with one attached hydrogen (secondary N) is 2. The predicted octanol–water partition coefficient (Wildman–Crippen LogP) is 3.22. The monoisotopic (exact) mass is 278 g/mol. The number of urea groups is 1. The number of anilines is 1. The minimum Gasteiger partial charge on any atom is -0.381 e. The molecule has 102 valence electrons. The molecule has 5 heteroatoms. The second kappa shape index (κ2) is 7.21. The highest BCUT2D eigenvalue weighted by Gasteiger charge is 2.06. The van der Waals surface area contributed by atoms with Crippen LogP contribution >= 0.6 is 11.8 Å². The average Bonchev–Trinajstić information content (AvgIpc) is 2.46. The summed E-state index contributed by atoms with van der Waals surface area (Å²) in [7, 11) is 0. The summed E-state index contributed by atoms with van der Waals surface area (Å²) in [6.07, 6.45) is 5.58. The fourth-order valence-corrected chi connectivity index (χ4v) is 2.27. The molecule has 0 aromatic heterocycles. The van der Waals surface area contributed by atoms with E-state index in [-0.39, 0.29) is 6.03 Å². The van der Waals surface area contributed by atoms with Crippen LogP contribution in [-0.4, -0.2) is 25.5 Å². The molecule has 2 rings (SSSR count). The Morgan fingerprint density at radius 1 is 1.37 bits per heavy atom. The van der Waals surface area contributed by atoms with Gasteiger partial charge in [-0.25, -0.2) is 4.79 Å². The SMILES string of the molecule is CSc1cccc(NC(=O)NC=C2CCOCC2)c1. The fourth-order valence-electron chi connectivity index (χ4n) is 1.81. The van der Waals surface area contributed by atoms with Crippen molar-refractivity contribution in [2.45, 2.75) is 17.7 Å². The number of benzene rings is 1. The lowest BCUT2D eigenvalue weighted by Crippen LogP contribution is -2.25. The molecular formula is C14H18N2O2S. The molecule has 19 heavy (non-hydrogen) atoms. The van der Waals surface area contributed by atoms with Gasteiger partial charge in [0.2, 0.25) is 0 Å². The summed E-state index contributed by atoms with van der Waals surface area (Å²) in [5.41, 5.74) is 2.02.